The minimum Gasteiger partial charge on any atom is -0.309 e. The van der Waals surface area contributed by atoms with Crippen molar-refractivity contribution in [1.82, 2.24) is 15.3 Å². The smallest absolute Gasteiger partial charge is 0.187 e. The maximum absolute atomic E-state index is 4.31. The highest BCUT2D eigenvalue weighted by Gasteiger charge is 2.20. The minimum absolute atomic E-state index is 0.305. The Balaban J connectivity index is 2.12. The van der Waals surface area contributed by atoms with Crippen LogP contribution >= 0.6 is 11.8 Å². The van der Waals surface area contributed by atoms with Crippen LogP contribution < -0.4 is 5.32 Å². The van der Waals surface area contributed by atoms with E-state index in [9.17, 15) is 0 Å². The van der Waals surface area contributed by atoms with Gasteiger partial charge in [0.2, 0.25) is 0 Å². The van der Waals surface area contributed by atoms with Crippen LogP contribution in [0.3, 0.4) is 0 Å². The molecule has 3 nitrogen and oxygen atoms in total. The van der Waals surface area contributed by atoms with Gasteiger partial charge >= 0.3 is 0 Å². The zero-order valence-electron chi connectivity index (χ0n) is 12.9. The number of thioether (sulfide) groups is 1. The number of nitrogens with one attached hydrogen (secondary N) is 1. The fraction of sp³-hybridized carbons (Fsp3) is 0.412. The number of rotatable bonds is 7. The fourth-order valence-electron chi connectivity index (χ4n) is 2.21. The highest BCUT2D eigenvalue weighted by molar-refractivity contribution is 7.99. The lowest BCUT2D eigenvalue weighted by molar-refractivity contribution is 0.527. The number of hydrogen-bond donors (Lipinski definition) is 1. The molecule has 2 unspecified atom stereocenters. The van der Waals surface area contributed by atoms with Crippen LogP contribution in [-0.4, -0.2) is 21.8 Å². The van der Waals surface area contributed by atoms with Gasteiger partial charge in [-0.2, -0.15) is 0 Å². The SMILES string of the molecule is CCCNC(c1ccc(C)cc1)C(C)Sc1ncccn1. The summed E-state index contributed by atoms with van der Waals surface area (Å²) in [6.07, 6.45) is 4.71. The van der Waals surface area contributed by atoms with Gasteiger partial charge in [-0.15, -0.1) is 0 Å². The van der Waals surface area contributed by atoms with E-state index in [1.165, 1.54) is 11.1 Å². The molecular formula is C17H23N3S. The zero-order chi connectivity index (χ0) is 15.1. The van der Waals surface area contributed by atoms with Crippen LogP contribution in [0, 0.1) is 6.92 Å². The largest absolute Gasteiger partial charge is 0.309 e. The van der Waals surface area contributed by atoms with Crippen molar-refractivity contribution >= 4 is 11.8 Å². The molecular weight excluding hydrogens is 278 g/mol. The molecule has 1 aromatic carbocycles. The molecule has 0 fully saturated rings. The lowest BCUT2D eigenvalue weighted by atomic mass is 10.0. The maximum Gasteiger partial charge on any atom is 0.187 e. The summed E-state index contributed by atoms with van der Waals surface area (Å²) in [5.74, 6) is 0. The van der Waals surface area contributed by atoms with E-state index < -0.39 is 0 Å². The lowest BCUT2D eigenvalue weighted by Crippen LogP contribution is -2.29. The highest BCUT2D eigenvalue weighted by Crippen LogP contribution is 2.30. The second-order valence-electron chi connectivity index (χ2n) is 5.20. The Bertz CT molecular complexity index is 527. The van der Waals surface area contributed by atoms with Crippen molar-refractivity contribution in [3.8, 4) is 0 Å². The van der Waals surface area contributed by atoms with Crippen molar-refractivity contribution in [2.75, 3.05) is 6.54 Å². The number of aryl methyl sites for hydroxylation is 1. The molecule has 2 aromatic rings. The summed E-state index contributed by atoms with van der Waals surface area (Å²) in [5, 5.41) is 4.85. The van der Waals surface area contributed by atoms with Gasteiger partial charge in [-0.1, -0.05) is 55.4 Å². The molecule has 0 saturated heterocycles. The summed E-state index contributed by atoms with van der Waals surface area (Å²) < 4.78 is 0. The van der Waals surface area contributed by atoms with Gasteiger partial charge in [0.05, 0.1) is 0 Å². The Morgan fingerprint density at radius 3 is 2.43 bits per heavy atom. The van der Waals surface area contributed by atoms with Gasteiger partial charge in [0.15, 0.2) is 5.16 Å². The van der Waals surface area contributed by atoms with Crippen molar-refractivity contribution in [1.29, 1.82) is 0 Å². The van der Waals surface area contributed by atoms with Gasteiger partial charge in [-0.3, -0.25) is 0 Å². The highest BCUT2D eigenvalue weighted by atomic mass is 32.2. The predicted molar refractivity (Wildman–Crippen MR) is 89.6 cm³/mol. The van der Waals surface area contributed by atoms with E-state index in [4.69, 9.17) is 0 Å². The van der Waals surface area contributed by atoms with Crippen molar-refractivity contribution in [2.24, 2.45) is 0 Å². The second-order valence-corrected chi connectivity index (χ2v) is 6.54. The summed E-state index contributed by atoms with van der Waals surface area (Å²) in [4.78, 5) is 8.63. The number of nitrogens with zero attached hydrogens (tertiary/aromatic N) is 2. The maximum atomic E-state index is 4.31. The van der Waals surface area contributed by atoms with Crippen molar-refractivity contribution in [3.63, 3.8) is 0 Å². The fourth-order valence-corrected chi connectivity index (χ4v) is 3.17. The van der Waals surface area contributed by atoms with Crippen LogP contribution in [0.1, 0.15) is 37.4 Å². The Kier molecular flexibility index (Phi) is 6.21. The molecule has 4 heteroatoms. The molecule has 0 spiro atoms. The molecule has 2 rings (SSSR count). The molecule has 0 amide bonds. The first-order valence-electron chi connectivity index (χ1n) is 7.44. The molecule has 0 bridgehead atoms. The van der Waals surface area contributed by atoms with Gasteiger partial charge in [-0.05, 0) is 31.5 Å². The molecule has 0 aliphatic rings. The van der Waals surface area contributed by atoms with Crippen molar-refractivity contribution in [3.05, 3.63) is 53.9 Å². The summed E-state index contributed by atoms with van der Waals surface area (Å²) in [5.41, 5.74) is 2.62. The van der Waals surface area contributed by atoms with E-state index in [0.717, 1.165) is 18.1 Å². The Labute approximate surface area is 131 Å². The molecule has 21 heavy (non-hydrogen) atoms. The van der Waals surface area contributed by atoms with Crippen LogP contribution in [0.25, 0.3) is 0 Å². The van der Waals surface area contributed by atoms with Crippen LogP contribution in [0.15, 0.2) is 47.9 Å². The molecule has 0 aliphatic carbocycles. The van der Waals surface area contributed by atoms with Crippen molar-refractivity contribution in [2.45, 2.75) is 43.6 Å². The number of hydrogen-bond acceptors (Lipinski definition) is 4. The topological polar surface area (TPSA) is 37.8 Å². The van der Waals surface area contributed by atoms with Crippen LogP contribution in [-0.2, 0) is 0 Å². The van der Waals surface area contributed by atoms with Gasteiger partial charge < -0.3 is 5.32 Å². The van der Waals surface area contributed by atoms with E-state index in [1.807, 2.05) is 6.07 Å². The molecule has 1 N–H and O–H groups in total. The first-order chi connectivity index (χ1) is 10.2. The Hall–Kier alpha value is -1.39. The summed E-state index contributed by atoms with van der Waals surface area (Å²) in [6.45, 7) is 7.55. The Morgan fingerprint density at radius 2 is 1.81 bits per heavy atom. The van der Waals surface area contributed by atoms with E-state index in [2.05, 4.69) is 60.3 Å². The van der Waals surface area contributed by atoms with Gasteiger partial charge in [-0.25, -0.2) is 9.97 Å². The van der Waals surface area contributed by atoms with Gasteiger partial charge in [0.25, 0.3) is 0 Å². The van der Waals surface area contributed by atoms with Crippen LogP contribution in [0.2, 0.25) is 0 Å². The number of benzene rings is 1. The molecule has 2 atom stereocenters. The molecule has 1 aromatic heterocycles. The van der Waals surface area contributed by atoms with Crippen molar-refractivity contribution < 1.29 is 0 Å². The van der Waals surface area contributed by atoms with Crippen LogP contribution in [0.5, 0.6) is 0 Å². The first-order valence-corrected chi connectivity index (χ1v) is 8.32. The molecule has 0 aliphatic heterocycles. The summed E-state index contributed by atoms with van der Waals surface area (Å²) >= 11 is 1.72. The lowest BCUT2D eigenvalue weighted by Gasteiger charge is -2.25. The Morgan fingerprint density at radius 1 is 1.14 bits per heavy atom. The third-order valence-electron chi connectivity index (χ3n) is 3.35. The average molecular weight is 301 g/mol. The van der Waals surface area contributed by atoms with E-state index in [1.54, 1.807) is 24.2 Å². The standard InChI is InChI=1S/C17H23N3S/c1-4-10-18-16(15-8-6-13(2)7-9-15)14(3)21-17-19-11-5-12-20-17/h5-9,11-12,14,16,18H,4,10H2,1-3H3. The number of aromatic nitrogens is 2. The monoisotopic (exact) mass is 301 g/mol. The molecule has 0 saturated carbocycles. The zero-order valence-corrected chi connectivity index (χ0v) is 13.7. The van der Waals surface area contributed by atoms with E-state index in [-0.39, 0.29) is 0 Å². The minimum atomic E-state index is 0.305. The van der Waals surface area contributed by atoms with Crippen LogP contribution in [0.4, 0.5) is 0 Å². The normalized spacial score (nSPS) is 13.9. The van der Waals surface area contributed by atoms with E-state index >= 15 is 0 Å². The van der Waals surface area contributed by atoms with Gasteiger partial charge in [0.1, 0.15) is 0 Å². The summed E-state index contributed by atoms with van der Waals surface area (Å²) in [6, 6.07) is 10.9. The third-order valence-corrected chi connectivity index (χ3v) is 4.42. The average Bonchev–Trinajstić information content (AvgIpc) is 2.50. The quantitative estimate of drug-likeness (QED) is 0.619. The summed E-state index contributed by atoms with van der Waals surface area (Å²) in [7, 11) is 0. The predicted octanol–water partition coefficient (Wildman–Crippen LogP) is 4.01. The first kappa shape index (κ1) is 16.0. The molecule has 1 heterocycles. The van der Waals surface area contributed by atoms with E-state index in [0.29, 0.717) is 11.3 Å². The van der Waals surface area contributed by atoms with Gasteiger partial charge in [0, 0.05) is 23.7 Å². The molecule has 112 valence electrons. The third kappa shape index (κ3) is 4.83. The second kappa shape index (κ2) is 8.15. The molecule has 0 radical (unpaired) electrons.